The molecular formula is C9H11NO4. The Morgan fingerprint density at radius 1 is 1.21 bits per heavy atom. The van der Waals surface area contributed by atoms with Gasteiger partial charge in [0.25, 0.3) is 0 Å². The monoisotopic (exact) mass is 197 g/mol. The van der Waals surface area contributed by atoms with E-state index in [0.717, 1.165) is 0 Å². The number of hydroxylamine groups is 1. The number of carboxylic acids is 1. The summed E-state index contributed by atoms with van der Waals surface area (Å²) in [4.78, 5) is 22.2. The second kappa shape index (κ2) is 3.09. The number of carbonyl (C=O) groups excluding carboxylic acids is 1. The van der Waals surface area contributed by atoms with Gasteiger partial charge in [0.05, 0.1) is 11.8 Å². The van der Waals surface area contributed by atoms with Crippen LogP contribution in [-0.4, -0.2) is 22.2 Å². The number of nitrogens with one attached hydrogen (secondary N) is 1. The molecule has 3 N–H and O–H groups in total. The molecule has 0 saturated heterocycles. The van der Waals surface area contributed by atoms with E-state index in [4.69, 9.17) is 10.3 Å². The molecule has 0 heterocycles. The Labute approximate surface area is 80.4 Å². The number of aliphatic carboxylic acids is 1. The van der Waals surface area contributed by atoms with Gasteiger partial charge in [-0.3, -0.25) is 14.8 Å². The Hall–Kier alpha value is -1.36. The molecule has 2 aliphatic carbocycles. The molecule has 5 heteroatoms. The fraction of sp³-hybridized carbons (Fsp3) is 0.556. The van der Waals surface area contributed by atoms with Crippen molar-refractivity contribution < 1.29 is 19.9 Å². The van der Waals surface area contributed by atoms with Crippen LogP contribution in [0.4, 0.5) is 0 Å². The standard InChI is InChI=1S/C9H11NO4/c11-8(10-14)6-4-1-2-5(3-4)7(6)9(12)13/h1-2,4-7,14H,3H2,(H,10,11)(H,12,13). The quantitative estimate of drug-likeness (QED) is 0.331. The van der Waals surface area contributed by atoms with Crippen LogP contribution in [-0.2, 0) is 9.59 Å². The second-order valence-electron chi connectivity index (χ2n) is 3.81. The van der Waals surface area contributed by atoms with Gasteiger partial charge in [-0.1, -0.05) is 12.2 Å². The minimum absolute atomic E-state index is 0.0340. The molecule has 1 fully saturated rings. The third-order valence-electron chi connectivity index (χ3n) is 3.16. The highest BCUT2D eigenvalue weighted by molar-refractivity contribution is 5.86. The van der Waals surface area contributed by atoms with Gasteiger partial charge in [-0.2, -0.15) is 0 Å². The summed E-state index contributed by atoms with van der Waals surface area (Å²) in [5.74, 6) is -2.94. The highest BCUT2D eigenvalue weighted by Gasteiger charge is 2.51. The molecule has 2 bridgehead atoms. The lowest BCUT2D eigenvalue weighted by molar-refractivity contribution is -0.150. The Balaban J connectivity index is 2.26. The number of allylic oxidation sites excluding steroid dienone is 2. The van der Waals surface area contributed by atoms with Crippen molar-refractivity contribution in [3.8, 4) is 0 Å². The molecule has 0 aliphatic heterocycles. The predicted molar refractivity (Wildman–Crippen MR) is 45.3 cm³/mol. The van der Waals surface area contributed by atoms with Crippen molar-refractivity contribution in [1.29, 1.82) is 0 Å². The van der Waals surface area contributed by atoms with Crippen LogP contribution in [0.3, 0.4) is 0 Å². The zero-order valence-electron chi connectivity index (χ0n) is 7.38. The molecule has 1 saturated carbocycles. The number of amides is 1. The Kier molecular flexibility index (Phi) is 2.03. The maximum absolute atomic E-state index is 11.3. The molecule has 14 heavy (non-hydrogen) atoms. The van der Waals surface area contributed by atoms with E-state index in [9.17, 15) is 9.59 Å². The van der Waals surface area contributed by atoms with E-state index in [-0.39, 0.29) is 11.8 Å². The number of rotatable bonds is 2. The van der Waals surface area contributed by atoms with Crippen LogP contribution in [0.1, 0.15) is 6.42 Å². The molecular weight excluding hydrogens is 186 g/mol. The minimum Gasteiger partial charge on any atom is -0.481 e. The lowest BCUT2D eigenvalue weighted by Gasteiger charge is -2.22. The van der Waals surface area contributed by atoms with Crippen LogP contribution in [0, 0.1) is 23.7 Å². The summed E-state index contributed by atoms with van der Waals surface area (Å²) in [6.45, 7) is 0. The zero-order valence-corrected chi connectivity index (χ0v) is 7.38. The molecule has 76 valence electrons. The summed E-state index contributed by atoms with van der Waals surface area (Å²) in [6, 6.07) is 0. The molecule has 2 aliphatic rings. The lowest BCUT2D eigenvalue weighted by Crippen LogP contribution is -2.38. The van der Waals surface area contributed by atoms with Gasteiger partial charge < -0.3 is 5.11 Å². The third-order valence-corrected chi connectivity index (χ3v) is 3.16. The van der Waals surface area contributed by atoms with Crippen LogP contribution in [0.5, 0.6) is 0 Å². The third kappa shape index (κ3) is 1.13. The van der Waals surface area contributed by atoms with E-state index in [0.29, 0.717) is 6.42 Å². The molecule has 0 radical (unpaired) electrons. The van der Waals surface area contributed by atoms with Crippen molar-refractivity contribution in [2.45, 2.75) is 6.42 Å². The maximum atomic E-state index is 11.3. The summed E-state index contributed by atoms with van der Waals surface area (Å²) in [5, 5.41) is 17.5. The van der Waals surface area contributed by atoms with Crippen LogP contribution in [0.2, 0.25) is 0 Å². The van der Waals surface area contributed by atoms with Crippen LogP contribution < -0.4 is 5.48 Å². The van der Waals surface area contributed by atoms with Gasteiger partial charge in [-0.25, -0.2) is 5.48 Å². The highest BCUT2D eigenvalue weighted by atomic mass is 16.5. The van der Waals surface area contributed by atoms with E-state index in [2.05, 4.69) is 0 Å². The van der Waals surface area contributed by atoms with Crippen molar-refractivity contribution >= 4 is 11.9 Å². The molecule has 5 nitrogen and oxygen atoms in total. The maximum Gasteiger partial charge on any atom is 0.307 e. The van der Waals surface area contributed by atoms with Gasteiger partial charge in [0.15, 0.2) is 0 Å². The van der Waals surface area contributed by atoms with Gasteiger partial charge in [0.1, 0.15) is 0 Å². The first-order valence-electron chi connectivity index (χ1n) is 4.50. The van der Waals surface area contributed by atoms with Crippen LogP contribution in [0.25, 0.3) is 0 Å². The van der Waals surface area contributed by atoms with Gasteiger partial charge in [0.2, 0.25) is 5.91 Å². The molecule has 0 aromatic heterocycles. The fourth-order valence-electron chi connectivity index (χ4n) is 2.59. The topological polar surface area (TPSA) is 86.6 Å². The Bertz CT molecular complexity index is 312. The van der Waals surface area contributed by atoms with Crippen molar-refractivity contribution in [3.05, 3.63) is 12.2 Å². The van der Waals surface area contributed by atoms with Crippen molar-refractivity contribution in [2.75, 3.05) is 0 Å². The van der Waals surface area contributed by atoms with Crippen molar-refractivity contribution in [3.63, 3.8) is 0 Å². The average Bonchev–Trinajstić information content (AvgIpc) is 2.74. The zero-order chi connectivity index (χ0) is 10.3. The summed E-state index contributed by atoms with van der Waals surface area (Å²) in [6.07, 6.45) is 4.42. The number of hydrogen-bond donors (Lipinski definition) is 3. The van der Waals surface area contributed by atoms with E-state index in [1.54, 1.807) is 5.48 Å². The van der Waals surface area contributed by atoms with E-state index in [1.807, 2.05) is 12.2 Å². The number of carbonyl (C=O) groups is 2. The molecule has 0 spiro atoms. The molecule has 4 atom stereocenters. The summed E-state index contributed by atoms with van der Waals surface area (Å²) in [7, 11) is 0. The Morgan fingerprint density at radius 2 is 1.79 bits per heavy atom. The molecule has 1 amide bonds. The summed E-state index contributed by atoms with van der Waals surface area (Å²) < 4.78 is 0. The molecule has 2 rings (SSSR count). The van der Waals surface area contributed by atoms with Crippen LogP contribution in [0.15, 0.2) is 12.2 Å². The fourth-order valence-corrected chi connectivity index (χ4v) is 2.59. The Morgan fingerprint density at radius 3 is 2.29 bits per heavy atom. The molecule has 0 aromatic carbocycles. The van der Waals surface area contributed by atoms with Crippen molar-refractivity contribution in [2.24, 2.45) is 23.7 Å². The predicted octanol–water partition coefficient (Wildman–Crippen LogP) is 0.0147. The van der Waals surface area contributed by atoms with Crippen LogP contribution >= 0.6 is 0 Å². The average molecular weight is 197 g/mol. The number of hydrogen-bond acceptors (Lipinski definition) is 3. The van der Waals surface area contributed by atoms with Gasteiger partial charge >= 0.3 is 5.97 Å². The van der Waals surface area contributed by atoms with E-state index in [1.165, 1.54) is 0 Å². The number of carboxylic acid groups (broad SMARTS) is 1. The second-order valence-corrected chi connectivity index (χ2v) is 3.81. The minimum atomic E-state index is -0.963. The first kappa shape index (κ1) is 9.21. The normalized spacial score (nSPS) is 38.6. The van der Waals surface area contributed by atoms with Crippen molar-refractivity contribution in [1.82, 2.24) is 5.48 Å². The van der Waals surface area contributed by atoms with Gasteiger partial charge in [-0.05, 0) is 18.3 Å². The largest absolute Gasteiger partial charge is 0.481 e. The number of fused-ring (bicyclic) bond motifs is 2. The first-order chi connectivity index (χ1) is 6.65. The molecule has 4 unspecified atom stereocenters. The lowest BCUT2D eigenvalue weighted by atomic mass is 9.82. The van der Waals surface area contributed by atoms with E-state index < -0.39 is 23.7 Å². The van der Waals surface area contributed by atoms with Gasteiger partial charge in [-0.15, -0.1) is 0 Å². The first-order valence-corrected chi connectivity index (χ1v) is 4.50. The van der Waals surface area contributed by atoms with E-state index >= 15 is 0 Å². The summed E-state index contributed by atoms with van der Waals surface area (Å²) in [5.41, 5.74) is 1.54. The SMILES string of the molecule is O=C(O)C1C2C=CC(C2)C1C(=O)NO. The smallest absolute Gasteiger partial charge is 0.307 e. The highest BCUT2D eigenvalue weighted by Crippen LogP contribution is 2.48. The molecule has 0 aromatic rings. The summed E-state index contributed by atoms with van der Waals surface area (Å²) >= 11 is 0. The van der Waals surface area contributed by atoms with Gasteiger partial charge in [0, 0.05) is 0 Å².